The van der Waals surface area contributed by atoms with Crippen LogP contribution in [0.3, 0.4) is 0 Å². The molecule has 0 aliphatic carbocycles. The van der Waals surface area contributed by atoms with Crippen LogP contribution in [0.2, 0.25) is 0 Å². The third-order valence-electron chi connectivity index (χ3n) is 0.179. The molecule has 0 saturated heterocycles. The van der Waals surface area contributed by atoms with Crippen molar-refractivity contribution >= 4 is 18.8 Å². The van der Waals surface area contributed by atoms with Crippen molar-refractivity contribution in [3.05, 3.63) is 0 Å². The van der Waals surface area contributed by atoms with Crippen LogP contribution in [0.5, 0.6) is 0 Å². The average Bonchev–Trinajstić information content (AvgIpc) is 1.35. The van der Waals surface area contributed by atoms with Gasteiger partial charge in [0.15, 0.2) is 0 Å². The van der Waals surface area contributed by atoms with E-state index in [4.69, 9.17) is 11.5 Å². The smallest absolute Gasteiger partial charge is 0.209 e. The lowest BCUT2D eigenvalue weighted by atomic mass is 11.1. The first-order valence-corrected chi connectivity index (χ1v) is 1.70. The Kier molecular flexibility index (Phi) is 2.39. The zero-order valence-corrected chi connectivity index (χ0v) is 3.94. The lowest BCUT2D eigenvalue weighted by molar-refractivity contribution is 1.10. The quantitative estimate of drug-likeness (QED) is 0.144. The molecule has 0 aliphatic heterocycles. The van der Waals surface area contributed by atoms with E-state index in [-0.39, 0.29) is 5.96 Å². The zero-order valence-electron chi connectivity index (χ0n) is 3.05. The van der Waals surface area contributed by atoms with Gasteiger partial charge in [-0.05, 0) is 0 Å². The molecule has 5 heteroatoms. The Balaban J connectivity index is 3.14. The molecule has 0 atom stereocenters. The van der Waals surface area contributed by atoms with Gasteiger partial charge in [0.05, 0.1) is 0 Å². The van der Waals surface area contributed by atoms with Crippen LogP contribution >= 0.6 is 12.8 Å². The highest BCUT2D eigenvalue weighted by Gasteiger charge is 1.67. The molecule has 0 aromatic carbocycles. The van der Waals surface area contributed by atoms with Crippen molar-refractivity contribution in [2.45, 2.75) is 0 Å². The number of nitrogens with two attached hydrogens (primary N) is 2. The minimum absolute atomic E-state index is 0.0231. The molecular weight excluding hydrogens is 100 g/mol. The lowest BCUT2D eigenvalue weighted by Gasteiger charge is -1.84. The number of nitrogens with one attached hydrogen (secondary N) is 1. The van der Waals surface area contributed by atoms with Gasteiger partial charge < -0.3 is 11.5 Å². The molecule has 36 valence electrons. The van der Waals surface area contributed by atoms with Crippen molar-refractivity contribution in [3.8, 4) is 0 Å². The average molecular weight is 106 g/mol. The molecule has 0 fully saturated rings. The number of thiol groups is 1. The normalized spacial score (nSPS) is 6.83. The van der Waals surface area contributed by atoms with Gasteiger partial charge in [0, 0.05) is 0 Å². The molecule has 6 heavy (non-hydrogen) atoms. The zero-order chi connectivity index (χ0) is 4.99. The highest BCUT2D eigenvalue weighted by Crippen LogP contribution is 1.55. The number of hydrogen-bond donors (Lipinski definition) is 4. The Hall–Kier alpha value is -0.580. The van der Waals surface area contributed by atoms with Crippen molar-refractivity contribution in [2.75, 3.05) is 0 Å². The summed E-state index contributed by atoms with van der Waals surface area (Å²) >= 11 is 3.46. The second-order valence-electron chi connectivity index (χ2n) is 0.637. The van der Waals surface area contributed by atoms with Crippen LogP contribution in [-0.4, -0.2) is 5.96 Å². The van der Waals surface area contributed by atoms with E-state index >= 15 is 0 Å². The van der Waals surface area contributed by atoms with E-state index in [2.05, 4.69) is 22.7 Å². The number of guanidine groups is 1. The maximum Gasteiger partial charge on any atom is 0.209 e. The predicted octanol–water partition coefficient (Wildman–Crippen LogP) is -1.39. The van der Waals surface area contributed by atoms with Gasteiger partial charge in [0.2, 0.25) is 5.96 Å². The van der Waals surface area contributed by atoms with Crippen LogP contribution in [-0.2, 0) is 0 Å². The van der Waals surface area contributed by atoms with Crippen molar-refractivity contribution in [1.82, 2.24) is 4.83 Å². The molecule has 5 N–H and O–H groups in total. The summed E-state index contributed by atoms with van der Waals surface area (Å²) in [7, 11) is 0. The molecule has 0 unspecified atom stereocenters. The summed E-state index contributed by atoms with van der Waals surface area (Å²) in [5, 5.41) is 3.21. The molecule has 0 saturated carbocycles. The van der Waals surface area contributed by atoms with Gasteiger partial charge in [0.1, 0.15) is 0 Å². The Morgan fingerprint density at radius 2 is 2.17 bits per heavy atom. The lowest BCUT2D eigenvalue weighted by Crippen LogP contribution is -2.24. The molecule has 0 rings (SSSR count). The summed E-state index contributed by atoms with van der Waals surface area (Å²) in [6.07, 6.45) is 0. The standard InChI is InChI=1S/CH6N4S/c2-1(3)4-5-6/h5-6H,(H4,2,3,4). The van der Waals surface area contributed by atoms with Crippen LogP contribution in [0, 0.1) is 0 Å². The second kappa shape index (κ2) is 2.65. The topological polar surface area (TPSA) is 76.4 Å². The Bertz CT molecular complexity index is 54.6. The van der Waals surface area contributed by atoms with E-state index in [0.29, 0.717) is 0 Å². The predicted molar refractivity (Wildman–Crippen MR) is 27.9 cm³/mol. The van der Waals surface area contributed by atoms with Crippen molar-refractivity contribution in [2.24, 2.45) is 16.6 Å². The molecule has 0 amide bonds. The van der Waals surface area contributed by atoms with Crippen molar-refractivity contribution in [1.29, 1.82) is 0 Å². The molecule has 0 aliphatic rings. The highest BCUT2D eigenvalue weighted by molar-refractivity contribution is 7.78. The van der Waals surface area contributed by atoms with Gasteiger partial charge in [-0.15, -0.1) is 5.10 Å². The minimum atomic E-state index is -0.0231. The van der Waals surface area contributed by atoms with E-state index in [0.717, 1.165) is 0 Å². The molecule has 0 aromatic rings. The summed E-state index contributed by atoms with van der Waals surface area (Å²) in [6.45, 7) is 0. The van der Waals surface area contributed by atoms with E-state index in [1.807, 2.05) is 0 Å². The van der Waals surface area contributed by atoms with Gasteiger partial charge in [-0.25, -0.2) is 0 Å². The van der Waals surface area contributed by atoms with Gasteiger partial charge in [0.25, 0.3) is 0 Å². The molecule has 0 radical (unpaired) electrons. The largest absolute Gasteiger partial charge is 0.369 e. The van der Waals surface area contributed by atoms with E-state index in [1.54, 1.807) is 0 Å². The summed E-state index contributed by atoms with van der Waals surface area (Å²) in [4.78, 5) is 2.10. The maximum absolute atomic E-state index is 4.82. The molecule has 0 heterocycles. The third kappa shape index (κ3) is 3.42. The van der Waals surface area contributed by atoms with Crippen molar-refractivity contribution < 1.29 is 0 Å². The summed E-state index contributed by atoms with van der Waals surface area (Å²) in [6, 6.07) is 0. The van der Waals surface area contributed by atoms with Crippen LogP contribution < -0.4 is 16.3 Å². The summed E-state index contributed by atoms with van der Waals surface area (Å²) < 4.78 is 0. The number of hydrazone groups is 1. The number of hydrogen-bond acceptors (Lipinski definition) is 3. The molecule has 4 nitrogen and oxygen atoms in total. The third-order valence-corrected chi connectivity index (χ3v) is 0.279. The van der Waals surface area contributed by atoms with Crippen molar-refractivity contribution in [3.63, 3.8) is 0 Å². The van der Waals surface area contributed by atoms with Gasteiger partial charge >= 0.3 is 0 Å². The Morgan fingerprint density at radius 1 is 1.67 bits per heavy atom. The van der Waals surface area contributed by atoms with Crippen LogP contribution in [0.15, 0.2) is 5.10 Å². The molecule has 0 aromatic heterocycles. The SMILES string of the molecule is NC(N)=NNS. The Morgan fingerprint density at radius 3 is 2.17 bits per heavy atom. The first kappa shape index (κ1) is 5.42. The van der Waals surface area contributed by atoms with E-state index in [9.17, 15) is 0 Å². The monoisotopic (exact) mass is 106 g/mol. The molecule has 0 spiro atoms. The molecule has 0 bridgehead atoms. The van der Waals surface area contributed by atoms with E-state index in [1.165, 1.54) is 0 Å². The first-order valence-electron chi connectivity index (χ1n) is 1.25. The Labute approximate surface area is 41.1 Å². The van der Waals surface area contributed by atoms with Gasteiger partial charge in [-0.1, -0.05) is 12.8 Å². The van der Waals surface area contributed by atoms with E-state index < -0.39 is 0 Å². The second-order valence-corrected chi connectivity index (χ2v) is 0.837. The number of nitrogens with zero attached hydrogens (tertiary/aromatic N) is 1. The fourth-order valence-electron chi connectivity index (χ4n) is 0.0577. The maximum atomic E-state index is 4.82. The summed E-state index contributed by atoms with van der Waals surface area (Å²) in [5.74, 6) is -0.0231. The fraction of sp³-hybridized carbons (Fsp3) is 0. The number of rotatable bonds is 1. The van der Waals surface area contributed by atoms with Gasteiger partial charge in [-0.3, -0.25) is 4.83 Å². The van der Waals surface area contributed by atoms with Crippen LogP contribution in [0.1, 0.15) is 0 Å². The molecular formula is CH6N4S. The first-order chi connectivity index (χ1) is 2.77. The summed E-state index contributed by atoms with van der Waals surface area (Å²) in [5.41, 5.74) is 9.64. The van der Waals surface area contributed by atoms with Gasteiger partial charge in [-0.2, -0.15) is 0 Å². The fourth-order valence-corrected chi connectivity index (χ4v) is 0.173. The van der Waals surface area contributed by atoms with Crippen LogP contribution in [0.25, 0.3) is 0 Å². The highest BCUT2D eigenvalue weighted by atomic mass is 32.1. The van der Waals surface area contributed by atoms with Crippen LogP contribution in [0.4, 0.5) is 0 Å². The minimum Gasteiger partial charge on any atom is -0.369 e.